The Morgan fingerprint density at radius 3 is 2.78 bits per heavy atom. The Morgan fingerprint density at radius 1 is 1.33 bits per heavy atom. The zero-order valence-corrected chi connectivity index (χ0v) is 4.73. The van der Waals surface area contributed by atoms with E-state index < -0.39 is 12.2 Å². The minimum Gasteiger partial charge on any atom is -0.388 e. The molecule has 4 heteroatoms. The highest BCUT2D eigenvalue weighted by atomic mass is 16.8. The topological polar surface area (TPSA) is 62.2 Å². The van der Waals surface area contributed by atoms with Crippen LogP contribution >= 0.6 is 0 Å². The molecule has 2 aliphatic rings. The summed E-state index contributed by atoms with van der Waals surface area (Å²) in [5.74, 6) is 0. The molecule has 4 atom stereocenters. The molecular weight excluding hydrogens is 124 g/mol. The summed E-state index contributed by atoms with van der Waals surface area (Å²) in [6.45, 7) is 0.183. The van der Waals surface area contributed by atoms with Crippen molar-refractivity contribution in [2.75, 3.05) is 6.61 Å². The Kier molecular flexibility index (Phi) is 1.04. The van der Waals surface area contributed by atoms with Gasteiger partial charge in [-0.1, -0.05) is 0 Å². The molecule has 2 N–H and O–H groups in total. The second kappa shape index (κ2) is 1.67. The monoisotopic (exact) mass is 132 g/mol. The highest BCUT2D eigenvalue weighted by Crippen LogP contribution is 2.32. The molecule has 52 valence electrons. The van der Waals surface area contributed by atoms with Crippen molar-refractivity contribution >= 4 is 0 Å². The highest BCUT2D eigenvalue weighted by molar-refractivity contribution is 4.92. The standard InChI is InChI=1S/C5H8O4/c6-2-1-8-5-4(9-5)3(2)7/h2-7H,1H2/t2-,3+,4-,5?/m1/s1. The molecule has 9 heavy (non-hydrogen) atoms. The quantitative estimate of drug-likeness (QED) is 0.392. The minimum absolute atomic E-state index is 0.183. The van der Waals surface area contributed by atoms with Gasteiger partial charge < -0.3 is 19.7 Å². The van der Waals surface area contributed by atoms with Crippen LogP contribution in [0.15, 0.2) is 0 Å². The fourth-order valence-electron chi connectivity index (χ4n) is 0.996. The van der Waals surface area contributed by atoms with Gasteiger partial charge >= 0.3 is 0 Å². The zero-order chi connectivity index (χ0) is 6.43. The van der Waals surface area contributed by atoms with Crippen molar-refractivity contribution in [1.82, 2.24) is 0 Å². The largest absolute Gasteiger partial charge is 0.388 e. The number of ether oxygens (including phenoxy) is 2. The average Bonchev–Trinajstić information content (AvgIpc) is 2.58. The van der Waals surface area contributed by atoms with Crippen molar-refractivity contribution in [1.29, 1.82) is 0 Å². The van der Waals surface area contributed by atoms with Crippen LogP contribution in [-0.2, 0) is 9.47 Å². The number of aliphatic hydroxyl groups excluding tert-OH is 2. The Bertz CT molecular complexity index is 124. The lowest BCUT2D eigenvalue weighted by atomic mass is 10.1. The Morgan fingerprint density at radius 2 is 2.11 bits per heavy atom. The van der Waals surface area contributed by atoms with Gasteiger partial charge in [-0.2, -0.15) is 0 Å². The first-order chi connectivity index (χ1) is 4.29. The lowest BCUT2D eigenvalue weighted by molar-refractivity contribution is -0.0775. The normalized spacial score (nSPS) is 56.7. The first-order valence-corrected chi connectivity index (χ1v) is 2.92. The van der Waals surface area contributed by atoms with Gasteiger partial charge in [-0.3, -0.25) is 0 Å². The maximum Gasteiger partial charge on any atom is 0.187 e. The average molecular weight is 132 g/mol. The van der Waals surface area contributed by atoms with E-state index in [0.717, 1.165) is 0 Å². The number of hydrogen-bond acceptors (Lipinski definition) is 4. The fraction of sp³-hybridized carbons (Fsp3) is 1.00. The van der Waals surface area contributed by atoms with E-state index in [9.17, 15) is 0 Å². The summed E-state index contributed by atoms with van der Waals surface area (Å²) in [5, 5.41) is 18.0. The molecule has 0 saturated carbocycles. The van der Waals surface area contributed by atoms with Gasteiger partial charge in [0.1, 0.15) is 18.3 Å². The maximum absolute atomic E-state index is 9.03. The van der Waals surface area contributed by atoms with E-state index in [-0.39, 0.29) is 19.0 Å². The molecule has 1 unspecified atom stereocenters. The predicted octanol–water partition coefficient (Wildman–Crippen LogP) is -1.54. The van der Waals surface area contributed by atoms with Crippen molar-refractivity contribution in [3.8, 4) is 0 Å². The van der Waals surface area contributed by atoms with E-state index in [1.165, 1.54) is 0 Å². The van der Waals surface area contributed by atoms with E-state index in [0.29, 0.717) is 0 Å². The van der Waals surface area contributed by atoms with E-state index in [4.69, 9.17) is 19.7 Å². The fourth-order valence-corrected chi connectivity index (χ4v) is 0.996. The first-order valence-electron chi connectivity index (χ1n) is 2.92. The summed E-state index contributed by atoms with van der Waals surface area (Å²) in [6, 6.07) is 0. The second-order valence-corrected chi connectivity index (χ2v) is 2.36. The number of rotatable bonds is 0. The summed E-state index contributed by atoms with van der Waals surface area (Å²) in [5.41, 5.74) is 0. The maximum atomic E-state index is 9.03. The van der Waals surface area contributed by atoms with Gasteiger partial charge in [0.2, 0.25) is 0 Å². The molecule has 0 aromatic heterocycles. The van der Waals surface area contributed by atoms with Crippen LogP contribution in [0, 0.1) is 0 Å². The molecule has 0 aromatic carbocycles. The third-order valence-corrected chi connectivity index (χ3v) is 1.64. The molecule has 0 spiro atoms. The van der Waals surface area contributed by atoms with Crippen molar-refractivity contribution in [3.05, 3.63) is 0 Å². The third-order valence-electron chi connectivity index (χ3n) is 1.64. The molecule has 0 radical (unpaired) electrons. The van der Waals surface area contributed by atoms with E-state index in [1.807, 2.05) is 0 Å². The Hall–Kier alpha value is -0.160. The lowest BCUT2D eigenvalue weighted by Gasteiger charge is -2.18. The summed E-state index contributed by atoms with van der Waals surface area (Å²) >= 11 is 0. The second-order valence-electron chi connectivity index (χ2n) is 2.36. The van der Waals surface area contributed by atoms with Crippen LogP contribution in [0.4, 0.5) is 0 Å². The first kappa shape index (κ1) is 5.61. The van der Waals surface area contributed by atoms with E-state index in [2.05, 4.69) is 0 Å². The summed E-state index contributed by atoms with van der Waals surface area (Å²) in [6.07, 6.45) is -2.03. The van der Waals surface area contributed by atoms with Gasteiger partial charge in [0.05, 0.1) is 6.61 Å². The highest BCUT2D eigenvalue weighted by Gasteiger charge is 2.52. The van der Waals surface area contributed by atoms with Crippen molar-refractivity contribution in [2.24, 2.45) is 0 Å². The van der Waals surface area contributed by atoms with Crippen LogP contribution < -0.4 is 0 Å². The molecule has 2 rings (SSSR count). The van der Waals surface area contributed by atoms with Gasteiger partial charge in [0.15, 0.2) is 6.29 Å². The van der Waals surface area contributed by atoms with Gasteiger partial charge in [-0.15, -0.1) is 0 Å². The van der Waals surface area contributed by atoms with Crippen LogP contribution in [0.2, 0.25) is 0 Å². The van der Waals surface area contributed by atoms with Gasteiger partial charge in [0, 0.05) is 0 Å². The summed E-state index contributed by atoms with van der Waals surface area (Å²) < 4.78 is 9.73. The SMILES string of the molecule is O[C@H]1[C@H](O)COC2O[C@@H]21. The van der Waals surface area contributed by atoms with E-state index in [1.54, 1.807) is 0 Å². The number of fused-ring (bicyclic) bond motifs is 1. The molecule has 2 heterocycles. The summed E-state index contributed by atoms with van der Waals surface area (Å²) in [4.78, 5) is 0. The molecule has 2 aliphatic heterocycles. The van der Waals surface area contributed by atoms with Gasteiger partial charge in [0.25, 0.3) is 0 Å². The van der Waals surface area contributed by atoms with Crippen molar-refractivity contribution in [2.45, 2.75) is 24.6 Å². The number of epoxide rings is 1. The lowest BCUT2D eigenvalue weighted by Crippen LogP contribution is -2.40. The Labute approximate surface area is 52.0 Å². The molecule has 4 nitrogen and oxygen atoms in total. The number of hydrogen-bond donors (Lipinski definition) is 2. The third kappa shape index (κ3) is 0.753. The van der Waals surface area contributed by atoms with Crippen LogP contribution in [-0.4, -0.2) is 41.4 Å². The minimum atomic E-state index is -0.770. The van der Waals surface area contributed by atoms with Crippen molar-refractivity contribution in [3.63, 3.8) is 0 Å². The molecule has 0 bridgehead atoms. The smallest absolute Gasteiger partial charge is 0.187 e. The molecule has 0 aliphatic carbocycles. The van der Waals surface area contributed by atoms with Crippen molar-refractivity contribution < 1.29 is 19.7 Å². The van der Waals surface area contributed by atoms with Crippen LogP contribution in [0.25, 0.3) is 0 Å². The van der Waals surface area contributed by atoms with Crippen LogP contribution in [0.1, 0.15) is 0 Å². The van der Waals surface area contributed by atoms with Crippen LogP contribution in [0.5, 0.6) is 0 Å². The molecule has 2 fully saturated rings. The van der Waals surface area contributed by atoms with Crippen LogP contribution in [0.3, 0.4) is 0 Å². The molecule has 2 saturated heterocycles. The van der Waals surface area contributed by atoms with E-state index >= 15 is 0 Å². The van der Waals surface area contributed by atoms with Gasteiger partial charge in [-0.25, -0.2) is 0 Å². The molecule has 0 aromatic rings. The summed E-state index contributed by atoms with van der Waals surface area (Å²) in [7, 11) is 0. The predicted molar refractivity (Wildman–Crippen MR) is 26.6 cm³/mol. The molecular formula is C5H8O4. The van der Waals surface area contributed by atoms with Gasteiger partial charge in [-0.05, 0) is 0 Å². The number of aliphatic hydroxyl groups is 2. The Balaban J connectivity index is 2.02. The zero-order valence-electron chi connectivity index (χ0n) is 4.73. The molecule has 0 amide bonds.